The lowest BCUT2D eigenvalue weighted by atomic mass is 10.1. The normalized spacial score (nSPS) is 10.0. The van der Waals surface area contributed by atoms with Crippen molar-refractivity contribution < 1.29 is 14.3 Å². The molecule has 0 spiro atoms. The zero-order valence-electron chi connectivity index (χ0n) is 11.1. The highest BCUT2D eigenvalue weighted by molar-refractivity contribution is 5.74. The minimum atomic E-state index is -0.407. The number of rotatable bonds is 4. The van der Waals surface area contributed by atoms with Crippen molar-refractivity contribution in [2.45, 2.75) is 13.8 Å². The van der Waals surface area contributed by atoms with Crippen LogP contribution >= 0.6 is 0 Å². The van der Waals surface area contributed by atoms with Gasteiger partial charge in [0.15, 0.2) is 6.61 Å². The monoisotopic (exact) mass is 256 g/mol. The SMILES string of the molecule is Cc1ccc(OC(=O)COc2ccccc2)c(C)c1. The number of para-hydroxylation sites is 1. The fourth-order valence-electron chi connectivity index (χ4n) is 1.72. The van der Waals surface area contributed by atoms with E-state index in [1.807, 2.05) is 44.2 Å². The number of carbonyl (C=O) groups excluding carboxylic acids is 1. The summed E-state index contributed by atoms with van der Waals surface area (Å²) in [6.07, 6.45) is 0. The summed E-state index contributed by atoms with van der Waals surface area (Å²) >= 11 is 0. The molecule has 0 radical (unpaired) electrons. The molecule has 19 heavy (non-hydrogen) atoms. The van der Waals surface area contributed by atoms with Crippen LogP contribution in [0.2, 0.25) is 0 Å². The summed E-state index contributed by atoms with van der Waals surface area (Å²) in [4.78, 5) is 11.7. The number of aryl methyl sites for hydroxylation is 2. The average molecular weight is 256 g/mol. The van der Waals surface area contributed by atoms with Gasteiger partial charge in [-0.05, 0) is 37.6 Å². The molecule has 3 nitrogen and oxygen atoms in total. The fraction of sp³-hybridized carbons (Fsp3) is 0.188. The molecule has 0 heterocycles. The molecule has 2 rings (SSSR count). The van der Waals surface area contributed by atoms with Gasteiger partial charge in [0.25, 0.3) is 0 Å². The van der Waals surface area contributed by atoms with E-state index in [0.29, 0.717) is 11.5 Å². The molecule has 0 atom stereocenters. The summed E-state index contributed by atoms with van der Waals surface area (Å²) in [5.41, 5.74) is 2.07. The van der Waals surface area contributed by atoms with Crippen molar-refractivity contribution in [2.75, 3.05) is 6.61 Å². The van der Waals surface area contributed by atoms with E-state index in [4.69, 9.17) is 9.47 Å². The van der Waals surface area contributed by atoms with Gasteiger partial charge in [-0.1, -0.05) is 35.9 Å². The second-order valence-electron chi connectivity index (χ2n) is 4.34. The van der Waals surface area contributed by atoms with E-state index in [9.17, 15) is 4.79 Å². The van der Waals surface area contributed by atoms with Gasteiger partial charge in [0.1, 0.15) is 11.5 Å². The Bertz CT molecular complexity index is 561. The fourth-order valence-corrected chi connectivity index (χ4v) is 1.72. The first-order valence-corrected chi connectivity index (χ1v) is 6.11. The van der Waals surface area contributed by atoms with Crippen LogP contribution in [-0.4, -0.2) is 12.6 Å². The quantitative estimate of drug-likeness (QED) is 0.622. The van der Waals surface area contributed by atoms with Gasteiger partial charge in [0.2, 0.25) is 0 Å². The molecule has 0 bridgehead atoms. The van der Waals surface area contributed by atoms with Gasteiger partial charge in [0, 0.05) is 0 Å². The van der Waals surface area contributed by atoms with Gasteiger partial charge in [-0.25, -0.2) is 4.79 Å². The predicted octanol–water partition coefficient (Wildman–Crippen LogP) is 3.29. The molecule has 0 unspecified atom stereocenters. The highest BCUT2D eigenvalue weighted by atomic mass is 16.6. The smallest absolute Gasteiger partial charge is 0.349 e. The van der Waals surface area contributed by atoms with Crippen molar-refractivity contribution in [3.8, 4) is 11.5 Å². The van der Waals surface area contributed by atoms with E-state index in [-0.39, 0.29) is 6.61 Å². The zero-order chi connectivity index (χ0) is 13.7. The van der Waals surface area contributed by atoms with Crippen LogP contribution in [0.15, 0.2) is 48.5 Å². The second-order valence-corrected chi connectivity index (χ2v) is 4.34. The lowest BCUT2D eigenvalue weighted by molar-refractivity contribution is -0.136. The molecule has 2 aromatic rings. The van der Waals surface area contributed by atoms with Gasteiger partial charge in [-0.2, -0.15) is 0 Å². The maximum absolute atomic E-state index is 11.7. The van der Waals surface area contributed by atoms with E-state index in [0.717, 1.165) is 11.1 Å². The number of hydrogen-bond donors (Lipinski definition) is 0. The topological polar surface area (TPSA) is 35.5 Å². The standard InChI is InChI=1S/C16H16O3/c1-12-8-9-15(13(2)10-12)19-16(17)11-18-14-6-4-3-5-7-14/h3-10H,11H2,1-2H3. The van der Waals surface area contributed by atoms with Gasteiger partial charge < -0.3 is 9.47 Å². The third-order valence-electron chi connectivity index (χ3n) is 2.65. The maximum atomic E-state index is 11.7. The van der Waals surface area contributed by atoms with Gasteiger partial charge in [-0.15, -0.1) is 0 Å². The summed E-state index contributed by atoms with van der Waals surface area (Å²) in [6.45, 7) is 3.81. The Hall–Kier alpha value is -2.29. The second kappa shape index (κ2) is 6.05. The van der Waals surface area contributed by atoms with Crippen molar-refractivity contribution in [1.29, 1.82) is 0 Å². The molecule has 98 valence electrons. The molecule has 0 aromatic heterocycles. The summed E-state index contributed by atoms with van der Waals surface area (Å²) in [7, 11) is 0. The van der Waals surface area contributed by atoms with Crippen LogP contribution < -0.4 is 9.47 Å². The Morgan fingerprint density at radius 2 is 1.79 bits per heavy atom. The van der Waals surface area contributed by atoms with Crippen molar-refractivity contribution in [3.05, 3.63) is 59.7 Å². The number of carbonyl (C=O) groups is 1. The highest BCUT2D eigenvalue weighted by Crippen LogP contribution is 2.19. The Morgan fingerprint density at radius 3 is 2.47 bits per heavy atom. The first-order valence-electron chi connectivity index (χ1n) is 6.11. The molecule has 0 aliphatic heterocycles. The Balaban J connectivity index is 1.91. The molecule has 0 fully saturated rings. The van der Waals surface area contributed by atoms with Crippen LogP contribution in [0.25, 0.3) is 0 Å². The largest absolute Gasteiger partial charge is 0.482 e. The molecule has 0 saturated carbocycles. The van der Waals surface area contributed by atoms with Gasteiger partial charge in [-0.3, -0.25) is 0 Å². The molecule has 0 N–H and O–H groups in total. The Labute approximate surface area is 112 Å². The molecular weight excluding hydrogens is 240 g/mol. The first kappa shape index (κ1) is 13.1. The van der Waals surface area contributed by atoms with Crippen LogP contribution in [0.5, 0.6) is 11.5 Å². The molecule has 0 saturated heterocycles. The Morgan fingerprint density at radius 1 is 1.05 bits per heavy atom. The van der Waals surface area contributed by atoms with E-state index in [2.05, 4.69) is 0 Å². The van der Waals surface area contributed by atoms with Crippen molar-refractivity contribution in [2.24, 2.45) is 0 Å². The Kier molecular flexibility index (Phi) is 4.18. The summed E-state index contributed by atoms with van der Waals surface area (Å²) < 4.78 is 10.6. The average Bonchev–Trinajstić information content (AvgIpc) is 2.41. The van der Waals surface area contributed by atoms with Crippen LogP contribution in [0.4, 0.5) is 0 Å². The number of hydrogen-bond acceptors (Lipinski definition) is 3. The van der Waals surface area contributed by atoms with Gasteiger partial charge >= 0.3 is 5.97 Å². The third-order valence-corrected chi connectivity index (χ3v) is 2.65. The molecule has 0 aliphatic carbocycles. The number of ether oxygens (including phenoxy) is 2. The molecule has 2 aromatic carbocycles. The molecular formula is C16H16O3. The van der Waals surface area contributed by atoms with Crippen LogP contribution in [0.3, 0.4) is 0 Å². The maximum Gasteiger partial charge on any atom is 0.349 e. The van der Waals surface area contributed by atoms with E-state index in [1.165, 1.54) is 0 Å². The third kappa shape index (κ3) is 3.85. The highest BCUT2D eigenvalue weighted by Gasteiger charge is 2.08. The predicted molar refractivity (Wildman–Crippen MR) is 73.5 cm³/mol. The van der Waals surface area contributed by atoms with Crippen molar-refractivity contribution >= 4 is 5.97 Å². The van der Waals surface area contributed by atoms with Gasteiger partial charge in [0.05, 0.1) is 0 Å². The summed E-state index contributed by atoms with van der Waals surface area (Å²) in [6, 6.07) is 14.9. The minimum absolute atomic E-state index is 0.0999. The lowest BCUT2D eigenvalue weighted by Gasteiger charge is -2.09. The van der Waals surface area contributed by atoms with Crippen molar-refractivity contribution in [1.82, 2.24) is 0 Å². The molecule has 0 amide bonds. The lowest BCUT2D eigenvalue weighted by Crippen LogP contribution is -2.18. The molecule has 0 aliphatic rings. The van der Waals surface area contributed by atoms with Crippen LogP contribution in [0.1, 0.15) is 11.1 Å². The van der Waals surface area contributed by atoms with E-state index in [1.54, 1.807) is 18.2 Å². The van der Waals surface area contributed by atoms with E-state index >= 15 is 0 Å². The minimum Gasteiger partial charge on any atom is -0.482 e. The number of benzene rings is 2. The first-order chi connectivity index (χ1) is 9.15. The van der Waals surface area contributed by atoms with Crippen LogP contribution in [0, 0.1) is 13.8 Å². The molecule has 3 heteroatoms. The zero-order valence-corrected chi connectivity index (χ0v) is 11.1. The van der Waals surface area contributed by atoms with Crippen molar-refractivity contribution in [3.63, 3.8) is 0 Å². The summed E-state index contributed by atoms with van der Waals surface area (Å²) in [5, 5.41) is 0. The van der Waals surface area contributed by atoms with E-state index < -0.39 is 5.97 Å². The van der Waals surface area contributed by atoms with Crippen LogP contribution in [-0.2, 0) is 4.79 Å². The number of esters is 1. The summed E-state index contributed by atoms with van der Waals surface area (Å²) in [5.74, 6) is 0.822.